The summed E-state index contributed by atoms with van der Waals surface area (Å²) in [5.41, 5.74) is 5.08. The van der Waals surface area contributed by atoms with Gasteiger partial charge in [-0.2, -0.15) is 0 Å². The Morgan fingerprint density at radius 1 is 0.647 bits per heavy atom. The van der Waals surface area contributed by atoms with Gasteiger partial charge in [-0.05, 0) is 80.5 Å². The molecule has 0 aromatic heterocycles. The average Bonchev–Trinajstić information content (AvgIpc) is 3.17. The van der Waals surface area contributed by atoms with Crippen molar-refractivity contribution < 1.29 is 9.47 Å². The van der Waals surface area contributed by atoms with Gasteiger partial charge in [0.05, 0.1) is 0 Å². The minimum Gasteiger partial charge on any atom is -0.489 e. The first kappa shape index (κ1) is 24.6. The van der Waals surface area contributed by atoms with Gasteiger partial charge in [-0.1, -0.05) is 58.0 Å². The van der Waals surface area contributed by atoms with E-state index in [1.165, 1.54) is 33.0 Å². The fourth-order valence-corrected chi connectivity index (χ4v) is 5.20. The Kier molecular flexibility index (Phi) is 7.80. The van der Waals surface area contributed by atoms with Crippen LogP contribution < -0.4 is 9.47 Å². The highest BCUT2D eigenvalue weighted by Gasteiger charge is 2.24. The highest BCUT2D eigenvalue weighted by molar-refractivity contribution is 6.16. The molecule has 4 nitrogen and oxygen atoms in total. The third-order valence-corrected chi connectivity index (χ3v) is 7.06. The van der Waals surface area contributed by atoms with E-state index in [4.69, 9.17) is 9.47 Å². The molecule has 2 unspecified atom stereocenters. The molecule has 0 heterocycles. The number of nitrogens with zero attached hydrogens (tertiary/aromatic N) is 2. The van der Waals surface area contributed by atoms with E-state index in [0.29, 0.717) is 0 Å². The molecule has 0 bridgehead atoms. The molecular weight excluding hydrogens is 420 g/mol. The monoisotopic (exact) mass is 460 g/mol. The van der Waals surface area contributed by atoms with Crippen molar-refractivity contribution in [1.29, 1.82) is 0 Å². The van der Waals surface area contributed by atoms with E-state index < -0.39 is 0 Å². The van der Waals surface area contributed by atoms with Gasteiger partial charge in [0, 0.05) is 23.9 Å². The Hall–Kier alpha value is -2.56. The highest BCUT2D eigenvalue weighted by Crippen LogP contribution is 2.50. The Balaban J connectivity index is 1.60. The van der Waals surface area contributed by atoms with Crippen LogP contribution in [0.15, 0.2) is 48.5 Å². The van der Waals surface area contributed by atoms with Gasteiger partial charge in [-0.3, -0.25) is 0 Å². The second-order valence-electron chi connectivity index (χ2n) is 9.38. The van der Waals surface area contributed by atoms with E-state index in [1.807, 2.05) is 0 Å². The molecule has 0 radical (unpaired) electrons. The van der Waals surface area contributed by atoms with Gasteiger partial charge in [-0.15, -0.1) is 0 Å². The van der Waals surface area contributed by atoms with Crippen LogP contribution in [0.25, 0.3) is 33.0 Å². The maximum atomic E-state index is 6.46. The Labute approximate surface area is 205 Å². The summed E-state index contributed by atoms with van der Waals surface area (Å²) in [5, 5.41) is 2.48. The van der Waals surface area contributed by atoms with E-state index in [2.05, 4.69) is 99.9 Å². The molecule has 3 aromatic rings. The molecule has 182 valence electrons. The predicted octanol–water partition coefficient (Wildman–Crippen LogP) is 6.71. The summed E-state index contributed by atoms with van der Waals surface area (Å²) >= 11 is 0. The van der Waals surface area contributed by atoms with Crippen molar-refractivity contribution in [2.45, 2.75) is 53.8 Å². The van der Waals surface area contributed by atoms with Crippen LogP contribution in [0.3, 0.4) is 0 Å². The maximum Gasteiger partial charge on any atom is 0.127 e. The first-order valence-electron chi connectivity index (χ1n) is 13.0. The fraction of sp³-hybridized carbons (Fsp3) is 0.467. The normalized spacial score (nSPS) is 14.0. The van der Waals surface area contributed by atoms with E-state index >= 15 is 0 Å². The summed E-state index contributed by atoms with van der Waals surface area (Å²) in [6.07, 6.45) is 0.276. The van der Waals surface area contributed by atoms with Gasteiger partial charge < -0.3 is 19.3 Å². The standard InChI is InChI=1S/C30H40N2O2/c1-7-31(8-2)19-21(5)33-23-14-15-24-25-12-11-13-27-29(34-22(6)20-32(9-3)10-4)17-16-26(30(25)27)28(24)18-23/h11-18,21-22H,7-10,19-20H2,1-6H3. The summed E-state index contributed by atoms with van der Waals surface area (Å²) in [6, 6.07) is 17.5. The number of fused-ring (bicyclic) bond motifs is 3. The van der Waals surface area contributed by atoms with Crippen LogP contribution in [0.2, 0.25) is 0 Å². The molecule has 3 aromatic carbocycles. The minimum atomic E-state index is 0.132. The Morgan fingerprint density at radius 2 is 1.24 bits per heavy atom. The molecule has 0 amide bonds. The zero-order valence-electron chi connectivity index (χ0n) is 21.7. The second kappa shape index (κ2) is 10.8. The number of likely N-dealkylation sites (N-methyl/N-ethyl adjacent to an activating group) is 2. The third kappa shape index (κ3) is 4.94. The molecule has 4 rings (SSSR count). The Bertz CT molecular complexity index is 1120. The molecule has 0 saturated carbocycles. The van der Waals surface area contributed by atoms with E-state index in [-0.39, 0.29) is 12.2 Å². The van der Waals surface area contributed by atoms with Gasteiger partial charge >= 0.3 is 0 Å². The summed E-state index contributed by atoms with van der Waals surface area (Å²) in [6.45, 7) is 19.2. The first-order chi connectivity index (χ1) is 16.5. The number of hydrogen-bond acceptors (Lipinski definition) is 4. The molecular formula is C30H40N2O2. The average molecular weight is 461 g/mol. The minimum absolute atomic E-state index is 0.132. The lowest BCUT2D eigenvalue weighted by Gasteiger charge is -2.24. The lowest BCUT2D eigenvalue weighted by molar-refractivity contribution is 0.153. The SMILES string of the molecule is CCN(CC)CC(C)Oc1ccc2c(c1)-c1ccc(OC(C)CN(CC)CC)c3cccc-2c13. The van der Waals surface area contributed by atoms with E-state index in [1.54, 1.807) is 0 Å². The van der Waals surface area contributed by atoms with Crippen LogP contribution in [0.4, 0.5) is 0 Å². The number of benzene rings is 3. The van der Waals surface area contributed by atoms with Crippen molar-refractivity contribution in [3.63, 3.8) is 0 Å². The fourth-order valence-electron chi connectivity index (χ4n) is 5.20. The molecule has 1 aliphatic rings. The molecule has 0 spiro atoms. The van der Waals surface area contributed by atoms with Crippen molar-refractivity contribution in [2.24, 2.45) is 0 Å². The van der Waals surface area contributed by atoms with Crippen molar-refractivity contribution in [3.8, 4) is 33.8 Å². The quantitative estimate of drug-likeness (QED) is 0.235. The number of ether oxygens (including phenoxy) is 2. The van der Waals surface area contributed by atoms with Crippen LogP contribution >= 0.6 is 0 Å². The van der Waals surface area contributed by atoms with Crippen LogP contribution in [0.1, 0.15) is 41.5 Å². The lowest BCUT2D eigenvalue weighted by Crippen LogP contribution is -2.33. The molecule has 1 aliphatic carbocycles. The van der Waals surface area contributed by atoms with Crippen LogP contribution in [-0.2, 0) is 0 Å². The van der Waals surface area contributed by atoms with Gasteiger partial charge in [0.1, 0.15) is 23.7 Å². The molecule has 4 heteroatoms. The van der Waals surface area contributed by atoms with Crippen LogP contribution in [0.5, 0.6) is 11.5 Å². The van der Waals surface area contributed by atoms with Crippen molar-refractivity contribution in [3.05, 3.63) is 48.5 Å². The topological polar surface area (TPSA) is 24.9 Å². The van der Waals surface area contributed by atoms with Crippen LogP contribution in [0, 0.1) is 0 Å². The van der Waals surface area contributed by atoms with Gasteiger partial charge in [-0.25, -0.2) is 0 Å². The molecule has 0 fully saturated rings. The number of hydrogen-bond donors (Lipinski definition) is 0. The lowest BCUT2D eigenvalue weighted by atomic mass is 10.0. The maximum absolute atomic E-state index is 6.46. The molecule has 2 atom stereocenters. The molecule has 0 N–H and O–H groups in total. The highest BCUT2D eigenvalue weighted by atomic mass is 16.5. The van der Waals surface area contributed by atoms with E-state index in [0.717, 1.165) is 50.8 Å². The summed E-state index contributed by atoms with van der Waals surface area (Å²) in [4.78, 5) is 4.81. The summed E-state index contributed by atoms with van der Waals surface area (Å²) < 4.78 is 12.8. The van der Waals surface area contributed by atoms with Gasteiger partial charge in [0.25, 0.3) is 0 Å². The Morgan fingerprint density at radius 3 is 1.88 bits per heavy atom. The zero-order valence-corrected chi connectivity index (χ0v) is 21.7. The van der Waals surface area contributed by atoms with Gasteiger partial charge in [0.2, 0.25) is 0 Å². The molecule has 34 heavy (non-hydrogen) atoms. The molecule has 0 saturated heterocycles. The smallest absolute Gasteiger partial charge is 0.127 e. The van der Waals surface area contributed by atoms with Crippen molar-refractivity contribution >= 4 is 10.8 Å². The first-order valence-corrected chi connectivity index (χ1v) is 13.0. The van der Waals surface area contributed by atoms with Crippen molar-refractivity contribution in [2.75, 3.05) is 39.3 Å². The predicted molar refractivity (Wildman–Crippen MR) is 144 cm³/mol. The van der Waals surface area contributed by atoms with E-state index in [9.17, 15) is 0 Å². The van der Waals surface area contributed by atoms with Crippen LogP contribution in [-0.4, -0.2) is 61.3 Å². The van der Waals surface area contributed by atoms with Crippen molar-refractivity contribution in [1.82, 2.24) is 9.80 Å². The summed E-state index contributed by atoms with van der Waals surface area (Å²) in [5.74, 6) is 1.91. The third-order valence-electron chi connectivity index (χ3n) is 7.06. The second-order valence-corrected chi connectivity index (χ2v) is 9.38. The largest absolute Gasteiger partial charge is 0.489 e. The molecule has 0 aliphatic heterocycles. The summed E-state index contributed by atoms with van der Waals surface area (Å²) in [7, 11) is 0. The number of rotatable bonds is 12. The van der Waals surface area contributed by atoms with Gasteiger partial charge in [0.15, 0.2) is 0 Å². The zero-order chi connectivity index (χ0) is 24.2.